The van der Waals surface area contributed by atoms with E-state index >= 15 is 0 Å². The van der Waals surface area contributed by atoms with Gasteiger partial charge in [0.15, 0.2) is 6.29 Å². The fourth-order valence-corrected chi connectivity index (χ4v) is 3.58. The Hall–Kier alpha value is 0.150. The normalized spacial score (nSPS) is 34.4. The second-order valence-electron chi connectivity index (χ2n) is 5.33. The molecule has 4 N–H and O–H groups in total. The average molecular weight is 308 g/mol. The average Bonchev–Trinajstić information content (AvgIpc) is 2.45. The summed E-state index contributed by atoms with van der Waals surface area (Å²) < 4.78 is 5.12. The molecule has 1 aliphatic rings. The zero-order valence-corrected chi connectivity index (χ0v) is 13.0. The molecule has 1 saturated heterocycles. The summed E-state index contributed by atoms with van der Waals surface area (Å²) >= 11 is 1.43. The van der Waals surface area contributed by atoms with Crippen LogP contribution in [0.4, 0.5) is 0 Å². The molecule has 1 aliphatic heterocycles. The summed E-state index contributed by atoms with van der Waals surface area (Å²) in [6.45, 7) is 1.77. The van der Waals surface area contributed by atoms with E-state index < -0.39 is 36.5 Å². The summed E-state index contributed by atoms with van der Waals surface area (Å²) in [5.74, 6) is 0.824. The predicted octanol–water partition coefficient (Wildman–Crippen LogP) is 0.880. The highest BCUT2D eigenvalue weighted by molar-refractivity contribution is 8.00. The lowest BCUT2D eigenvalue weighted by atomic mass is 10.0. The van der Waals surface area contributed by atoms with Gasteiger partial charge >= 0.3 is 0 Å². The summed E-state index contributed by atoms with van der Waals surface area (Å²) in [5.41, 5.74) is 0. The van der Waals surface area contributed by atoms with Crippen LogP contribution in [0.2, 0.25) is 0 Å². The van der Waals surface area contributed by atoms with Crippen molar-refractivity contribution in [3.8, 4) is 0 Å². The van der Waals surface area contributed by atoms with E-state index in [1.807, 2.05) is 0 Å². The summed E-state index contributed by atoms with van der Waals surface area (Å²) in [6, 6.07) is 0. The monoisotopic (exact) mass is 308 g/mol. The smallest absolute Gasteiger partial charge is 0.169 e. The van der Waals surface area contributed by atoms with Gasteiger partial charge in [-0.15, -0.1) is 0 Å². The molecular weight excluding hydrogens is 280 g/mol. The number of hydrogen-bond acceptors (Lipinski definition) is 6. The number of unbranched alkanes of at least 4 members (excludes halogenated alkanes) is 5. The van der Waals surface area contributed by atoms with E-state index in [4.69, 9.17) is 9.84 Å². The Balaban J connectivity index is 2.22. The predicted molar refractivity (Wildman–Crippen MR) is 79.6 cm³/mol. The molecule has 0 aliphatic carbocycles. The van der Waals surface area contributed by atoms with Gasteiger partial charge in [-0.3, -0.25) is 0 Å². The minimum atomic E-state index is -1.15. The van der Waals surface area contributed by atoms with Crippen LogP contribution in [0.1, 0.15) is 45.4 Å². The van der Waals surface area contributed by atoms with Crippen LogP contribution in [0.5, 0.6) is 0 Å². The standard InChI is InChI=1S/C14H28O5S/c1-2-3-4-5-6-7-8-20-13-12(17)11(16)10(9-15)19-14(13)18/h10-18H,2-9H2,1H3. The minimum absolute atomic E-state index is 0.413. The van der Waals surface area contributed by atoms with Crippen LogP contribution >= 0.6 is 11.8 Å². The number of hydrogen-bond donors (Lipinski definition) is 4. The number of ether oxygens (including phenoxy) is 1. The van der Waals surface area contributed by atoms with Crippen LogP contribution in [0.25, 0.3) is 0 Å². The van der Waals surface area contributed by atoms with Crippen molar-refractivity contribution in [3.05, 3.63) is 0 Å². The summed E-state index contributed by atoms with van der Waals surface area (Å²) in [6.07, 6.45) is 2.89. The van der Waals surface area contributed by atoms with E-state index in [0.717, 1.165) is 18.6 Å². The Morgan fingerprint density at radius 3 is 2.25 bits per heavy atom. The lowest BCUT2D eigenvalue weighted by Crippen LogP contribution is -2.57. The molecule has 0 radical (unpaired) electrons. The number of aliphatic hydroxyl groups excluding tert-OH is 4. The second kappa shape index (κ2) is 9.97. The molecule has 0 aromatic carbocycles. The van der Waals surface area contributed by atoms with Gasteiger partial charge in [0.1, 0.15) is 12.2 Å². The van der Waals surface area contributed by atoms with Crippen molar-refractivity contribution in [2.45, 2.75) is 75.3 Å². The molecule has 0 aromatic heterocycles. The van der Waals surface area contributed by atoms with Gasteiger partial charge in [-0.05, 0) is 12.2 Å². The fourth-order valence-electron chi connectivity index (χ4n) is 2.35. The molecule has 5 atom stereocenters. The largest absolute Gasteiger partial charge is 0.394 e. The molecule has 0 spiro atoms. The first kappa shape index (κ1) is 18.2. The second-order valence-corrected chi connectivity index (χ2v) is 6.62. The maximum absolute atomic E-state index is 9.96. The molecule has 0 bridgehead atoms. The molecule has 5 nitrogen and oxygen atoms in total. The summed E-state index contributed by atoms with van der Waals surface area (Å²) in [4.78, 5) is 0. The Morgan fingerprint density at radius 1 is 0.950 bits per heavy atom. The fraction of sp³-hybridized carbons (Fsp3) is 1.00. The first-order valence-corrected chi connectivity index (χ1v) is 8.58. The Kier molecular flexibility index (Phi) is 9.08. The zero-order chi connectivity index (χ0) is 15.0. The van der Waals surface area contributed by atoms with E-state index in [9.17, 15) is 15.3 Å². The van der Waals surface area contributed by atoms with E-state index in [1.165, 1.54) is 37.4 Å². The van der Waals surface area contributed by atoms with Crippen molar-refractivity contribution in [1.29, 1.82) is 0 Å². The topological polar surface area (TPSA) is 90.2 Å². The van der Waals surface area contributed by atoms with Gasteiger partial charge in [-0.1, -0.05) is 39.0 Å². The van der Waals surface area contributed by atoms with Crippen LogP contribution in [0, 0.1) is 0 Å². The summed E-state index contributed by atoms with van der Waals surface area (Å²) in [5, 5.41) is 38.0. The molecule has 20 heavy (non-hydrogen) atoms. The Labute approximate surface area is 125 Å². The number of rotatable bonds is 9. The van der Waals surface area contributed by atoms with Crippen molar-refractivity contribution in [3.63, 3.8) is 0 Å². The highest BCUT2D eigenvalue weighted by atomic mass is 32.2. The molecule has 5 unspecified atom stereocenters. The van der Waals surface area contributed by atoms with Crippen LogP contribution in [-0.2, 0) is 4.74 Å². The van der Waals surface area contributed by atoms with Gasteiger partial charge in [0.05, 0.1) is 18.0 Å². The highest BCUT2D eigenvalue weighted by Crippen LogP contribution is 2.29. The van der Waals surface area contributed by atoms with Crippen LogP contribution in [0.3, 0.4) is 0 Å². The van der Waals surface area contributed by atoms with Gasteiger partial charge < -0.3 is 25.2 Å². The van der Waals surface area contributed by atoms with Crippen molar-refractivity contribution in [1.82, 2.24) is 0 Å². The summed E-state index contributed by atoms with van der Waals surface area (Å²) in [7, 11) is 0. The van der Waals surface area contributed by atoms with E-state index in [-0.39, 0.29) is 0 Å². The zero-order valence-electron chi connectivity index (χ0n) is 12.1. The third kappa shape index (κ3) is 5.50. The molecule has 0 saturated carbocycles. The Bertz CT molecular complexity index is 254. The third-order valence-corrected chi connectivity index (χ3v) is 5.07. The molecular formula is C14H28O5S. The van der Waals surface area contributed by atoms with Crippen molar-refractivity contribution in [2.75, 3.05) is 12.4 Å². The van der Waals surface area contributed by atoms with Crippen molar-refractivity contribution in [2.24, 2.45) is 0 Å². The first-order valence-electron chi connectivity index (χ1n) is 7.54. The lowest BCUT2D eigenvalue weighted by Gasteiger charge is -2.39. The highest BCUT2D eigenvalue weighted by Gasteiger charge is 2.43. The lowest BCUT2D eigenvalue weighted by molar-refractivity contribution is -0.234. The van der Waals surface area contributed by atoms with Gasteiger partial charge in [0.25, 0.3) is 0 Å². The van der Waals surface area contributed by atoms with E-state index in [1.54, 1.807) is 0 Å². The van der Waals surface area contributed by atoms with Gasteiger partial charge in [0, 0.05) is 0 Å². The SMILES string of the molecule is CCCCCCCCSC1C(O)OC(CO)C(O)C1O. The van der Waals surface area contributed by atoms with Crippen LogP contribution in [0.15, 0.2) is 0 Å². The molecule has 1 rings (SSSR count). The van der Waals surface area contributed by atoms with Crippen LogP contribution in [-0.4, -0.2) is 62.6 Å². The molecule has 6 heteroatoms. The van der Waals surface area contributed by atoms with Crippen molar-refractivity contribution >= 4 is 11.8 Å². The maximum atomic E-state index is 9.96. The molecule has 0 amide bonds. The molecule has 120 valence electrons. The number of thioether (sulfide) groups is 1. The minimum Gasteiger partial charge on any atom is -0.394 e. The Morgan fingerprint density at radius 2 is 1.60 bits per heavy atom. The quantitative estimate of drug-likeness (QED) is 0.473. The molecule has 1 fully saturated rings. The first-order chi connectivity index (χ1) is 9.61. The number of aliphatic hydroxyl groups is 4. The maximum Gasteiger partial charge on any atom is 0.169 e. The van der Waals surface area contributed by atoms with Gasteiger partial charge in [0.2, 0.25) is 0 Å². The van der Waals surface area contributed by atoms with Crippen molar-refractivity contribution < 1.29 is 25.2 Å². The van der Waals surface area contributed by atoms with Gasteiger partial charge in [-0.2, -0.15) is 11.8 Å². The van der Waals surface area contributed by atoms with Crippen LogP contribution < -0.4 is 0 Å². The van der Waals surface area contributed by atoms with E-state index in [2.05, 4.69) is 6.92 Å². The molecule has 0 aromatic rings. The van der Waals surface area contributed by atoms with Gasteiger partial charge in [-0.25, -0.2) is 0 Å². The van der Waals surface area contributed by atoms with E-state index in [0.29, 0.717) is 0 Å². The third-order valence-electron chi connectivity index (χ3n) is 3.65. The molecule has 1 heterocycles.